The Morgan fingerprint density at radius 3 is 2.66 bits per heavy atom. The van der Waals surface area contributed by atoms with E-state index in [0.29, 0.717) is 54.9 Å². The van der Waals surface area contributed by atoms with E-state index in [1.54, 1.807) is 23.1 Å². The van der Waals surface area contributed by atoms with Crippen LogP contribution in [0.25, 0.3) is 0 Å². The summed E-state index contributed by atoms with van der Waals surface area (Å²) in [5.41, 5.74) is 6.43. The molecule has 2 N–H and O–H groups in total. The number of hydrogen-bond acceptors (Lipinski definition) is 6. The molecule has 0 aliphatic carbocycles. The molecule has 0 unspecified atom stereocenters. The predicted molar refractivity (Wildman–Crippen MR) is 106 cm³/mol. The van der Waals surface area contributed by atoms with Crippen molar-refractivity contribution < 1.29 is 28.5 Å². The zero-order chi connectivity index (χ0) is 20.8. The third-order valence-corrected chi connectivity index (χ3v) is 4.46. The fourth-order valence-electron chi connectivity index (χ4n) is 3.04. The molecule has 0 aromatic heterocycles. The van der Waals surface area contributed by atoms with E-state index in [4.69, 9.17) is 24.7 Å². The molecule has 154 valence electrons. The van der Waals surface area contributed by atoms with E-state index in [0.717, 1.165) is 5.56 Å². The molecule has 2 aromatic carbocycles. The minimum Gasteiger partial charge on any atom is -0.493 e. The van der Waals surface area contributed by atoms with Gasteiger partial charge in [0, 0.05) is 24.2 Å². The second kappa shape index (κ2) is 9.18. The maximum atomic E-state index is 13.1. The molecule has 0 radical (unpaired) electrons. The lowest BCUT2D eigenvalue weighted by molar-refractivity contribution is -0.119. The van der Waals surface area contributed by atoms with Gasteiger partial charge < -0.3 is 29.6 Å². The zero-order valence-electron chi connectivity index (χ0n) is 16.5. The zero-order valence-corrected chi connectivity index (χ0v) is 16.5. The number of para-hydroxylation sites is 1. The molecule has 0 bridgehead atoms. The quantitative estimate of drug-likeness (QED) is 0.727. The summed E-state index contributed by atoms with van der Waals surface area (Å²) in [7, 11) is 1.46. The third kappa shape index (κ3) is 4.71. The Kier molecular flexibility index (Phi) is 6.43. The molecule has 1 aliphatic rings. The fourth-order valence-corrected chi connectivity index (χ4v) is 3.04. The molecule has 8 heteroatoms. The Labute approximate surface area is 169 Å². The molecule has 1 aliphatic heterocycles. The van der Waals surface area contributed by atoms with Crippen molar-refractivity contribution in [2.45, 2.75) is 13.5 Å². The summed E-state index contributed by atoms with van der Waals surface area (Å²) in [5, 5.41) is 0. The van der Waals surface area contributed by atoms with E-state index in [9.17, 15) is 9.59 Å². The van der Waals surface area contributed by atoms with Crippen LogP contribution < -0.4 is 24.7 Å². The second-order valence-electron chi connectivity index (χ2n) is 6.38. The maximum absolute atomic E-state index is 13.1. The van der Waals surface area contributed by atoms with Gasteiger partial charge in [-0.05, 0) is 31.2 Å². The first-order chi connectivity index (χ1) is 14.0. The van der Waals surface area contributed by atoms with E-state index in [-0.39, 0.29) is 12.5 Å². The van der Waals surface area contributed by atoms with Gasteiger partial charge in [-0.1, -0.05) is 12.1 Å². The van der Waals surface area contributed by atoms with Crippen LogP contribution >= 0.6 is 0 Å². The largest absolute Gasteiger partial charge is 0.493 e. The van der Waals surface area contributed by atoms with E-state index >= 15 is 0 Å². The molecule has 0 fully saturated rings. The summed E-state index contributed by atoms with van der Waals surface area (Å²) in [6.07, 6.45) is 0. The van der Waals surface area contributed by atoms with Gasteiger partial charge in [-0.3, -0.25) is 9.59 Å². The molecule has 29 heavy (non-hydrogen) atoms. The molecule has 2 aromatic rings. The van der Waals surface area contributed by atoms with Gasteiger partial charge in [-0.15, -0.1) is 0 Å². The van der Waals surface area contributed by atoms with Crippen LogP contribution in [0, 0.1) is 0 Å². The Bertz CT molecular complexity index is 899. The lowest BCUT2D eigenvalue weighted by Crippen LogP contribution is -2.31. The highest BCUT2D eigenvalue weighted by molar-refractivity contribution is 5.95. The average Bonchev–Trinajstić information content (AvgIpc) is 2.75. The topological polar surface area (TPSA) is 100 Å². The molecule has 0 saturated heterocycles. The number of nitrogens with two attached hydrogens (primary N) is 1. The van der Waals surface area contributed by atoms with Crippen LogP contribution in [0.2, 0.25) is 0 Å². The molecule has 0 atom stereocenters. The lowest BCUT2D eigenvalue weighted by Gasteiger charge is -2.25. The second-order valence-corrected chi connectivity index (χ2v) is 6.38. The van der Waals surface area contributed by atoms with Gasteiger partial charge >= 0.3 is 0 Å². The minimum atomic E-state index is -0.596. The van der Waals surface area contributed by atoms with Crippen LogP contribution in [0.1, 0.15) is 22.8 Å². The van der Waals surface area contributed by atoms with Gasteiger partial charge in [0.25, 0.3) is 11.8 Å². The van der Waals surface area contributed by atoms with Crippen molar-refractivity contribution in [1.82, 2.24) is 4.90 Å². The summed E-state index contributed by atoms with van der Waals surface area (Å²) < 4.78 is 22.0. The summed E-state index contributed by atoms with van der Waals surface area (Å²) in [5.74, 6) is 1.30. The van der Waals surface area contributed by atoms with Crippen molar-refractivity contribution in [1.29, 1.82) is 0 Å². The standard InChI is InChI=1S/C21H24N2O6/c1-3-23(12-15-5-4-6-17-20(15)28-10-9-27-17)21(25)14-7-8-16(18(11-14)26-2)29-13-19(22)24/h4-8,11H,3,9-10,12-13H2,1-2H3,(H2,22,24). The lowest BCUT2D eigenvalue weighted by atomic mass is 10.1. The number of nitrogens with zero attached hydrogens (tertiary/aromatic N) is 1. The highest BCUT2D eigenvalue weighted by Crippen LogP contribution is 2.35. The van der Waals surface area contributed by atoms with E-state index < -0.39 is 5.91 Å². The molecular weight excluding hydrogens is 376 g/mol. The van der Waals surface area contributed by atoms with Gasteiger partial charge in [0.05, 0.1) is 7.11 Å². The summed E-state index contributed by atoms with van der Waals surface area (Å²) in [6, 6.07) is 10.5. The number of hydrogen-bond donors (Lipinski definition) is 1. The van der Waals surface area contributed by atoms with Crippen LogP contribution in [-0.4, -0.2) is 50.2 Å². The third-order valence-electron chi connectivity index (χ3n) is 4.46. The van der Waals surface area contributed by atoms with Crippen molar-refractivity contribution in [2.24, 2.45) is 5.73 Å². The number of carbonyl (C=O) groups excluding carboxylic acids is 2. The number of carbonyl (C=O) groups is 2. The number of fused-ring (bicyclic) bond motifs is 1. The molecule has 2 amide bonds. The van der Waals surface area contributed by atoms with Crippen LogP contribution in [-0.2, 0) is 11.3 Å². The predicted octanol–water partition coefficient (Wildman–Crippen LogP) is 1.99. The Morgan fingerprint density at radius 1 is 1.14 bits per heavy atom. The molecular formula is C21H24N2O6. The van der Waals surface area contributed by atoms with Crippen molar-refractivity contribution in [3.63, 3.8) is 0 Å². The molecule has 3 rings (SSSR count). The van der Waals surface area contributed by atoms with Crippen LogP contribution in [0.15, 0.2) is 36.4 Å². The summed E-state index contributed by atoms with van der Waals surface area (Å²) in [6.45, 7) is 3.51. The van der Waals surface area contributed by atoms with Crippen LogP contribution in [0.5, 0.6) is 23.0 Å². The number of primary amides is 1. The average molecular weight is 400 g/mol. The van der Waals surface area contributed by atoms with Crippen LogP contribution in [0.3, 0.4) is 0 Å². The number of methoxy groups -OCH3 is 1. The van der Waals surface area contributed by atoms with Crippen molar-refractivity contribution in [2.75, 3.05) is 33.5 Å². The molecule has 1 heterocycles. The van der Waals surface area contributed by atoms with Crippen molar-refractivity contribution in [3.05, 3.63) is 47.5 Å². The number of amides is 2. The number of benzene rings is 2. The van der Waals surface area contributed by atoms with Gasteiger partial charge in [-0.2, -0.15) is 0 Å². The van der Waals surface area contributed by atoms with Gasteiger partial charge in [0.2, 0.25) is 0 Å². The van der Waals surface area contributed by atoms with Gasteiger partial charge in [0.1, 0.15) is 13.2 Å². The van der Waals surface area contributed by atoms with Gasteiger partial charge in [0.15, 0.2) is 29.6 Å². The Morgan fingerprint density at radius 2 is 1.93 bits per heavy atom. The monoisotopic (exact) mass is 400 g/mol. The number of ether oxygens (including phenoxy) is 4. The first kappa shape index (κ1) is 20.3. The smallest absolute Gasteiger partial charge is 0.255 e. The van der Waals surface area contributed by atoms with E-state index in [1.807, 2.05) is 25.1 Å². The first-order valence-electron chi connectivity index (χ1n) is 9.29. The van der Waals surface area contributed by atoms with Crippen LogP contribution in [0.4, 0.5) is 0 Å². The van der Waals surface area contributed by atoms with Crippen molar-refractivity contribution >= 4 is 11.8 Å². The highest BCUT2D eigenvalue weighted by Gasteiger charge is 2.21. The van der Waals surface area contributed by atoms with E-state index in [2.05, 4.69) is 0 Å². The molecule has 0 saturated carbocycles. The molecule has 0 spiro atoms. The minimum absolute atomic E-state index is 0.165. The van der Waals surface area contributed by atoms with Gasteiger partial charge in [-0.25, -0.2) is 0 Å². The fraction of sp³-hybridized carbons (Fsp3) is 0.333. The maximum Gasteiger partial charge on any atom is 0.255 e. The molecule has 8 nitrogen and oxygen atoms in total. The summed E-state index contributed by atoms with van der Waals surface area (Å²) >= 11 is 0. The normalized spacial score (nSPS) is 12.2. The Balaban J connectivity index is 1.80. The SMILES string of the molecule is CCN(Cc1cccc2c1OCCO2)C(=O)c1ccc(OCC(N)=O)c(OC)c1. The van der Waals surface area contributed by atoms with E-state index in [1.165, 1.54) is 7.11 Å². The highest BCUT2D eigenvalue weighted by atomic mass is 16.6. The number of rotatable bonds is 8. The first-order valence-corrected chi connectivity index (χ1v) is 9.29. The van der Waals surface area contributed by atoms with Crippen molar-refractivity contribution in [3.8, 4) is 23.0 Å². The Hall–Kier alpha value is -3.42. The summed E-state index contributed by atoms with van der Waals surface area (Å²) in [4.78, 5) is 25.7.